The first-order valence-electron chi connectivity index (χ1n) is 5.39. The lowest BCUT2D eigenvalue weighted by molar-refractivity contribution is 0.235. The third-order valence-electron chi connectivity index (χ3n) is 3.58. The Balaban J connectivity index is 2.75. The van der Waals surface area contributed by atoms with Crippen molar-refractivity contribution in [1.82, 2.24) is 0 Å². The normalized spacial score (nSPS) is 25.6. The highest BCUT2D eigenvalue weighted by Crippen LogP contribution is 2.54. The Bertz CT molecular complexity index is 609. The summed E-state index contributed by atoms with van der Waals surface area (Å²) >= 11 is 0. The second-order valence-electron chi connectivity index (χ2n) is 4.29. The molecule has 4 nitrogen and oxygen atoms in total. The first kappa shape index (κ1) is 11.7. The van der Waals surface area contributed by atoms with Gasteiger partial charge in [0, 0.05) is 12.3 Å². The molecule has 0 aromatic rings. The summed E-state index contributed by atoms with van der Waals surface area (Å²) in [6, 6.07) is 7.62. The molecule has 0 aromatic carbocycles. The maximum Gasteiger partial charge on any atom is 0.185 e. The van der Waals surface area contributed by atoms with E-state index >= 15 is 0 Å². The van der Waals surface area contributed by atoms with Gasteiger partial charge in [-0.15, -0.1) is 0 Å². The molecule has 2 aliphatic carbocycles. The van der Waals surface area contributed by atoms with Crippen LogP contribution in [-0.4, -0.2) is 0 Å². The Morgan fingerprint density at radius 3 is 2.22 bits per heavy atom. The lowest BCUT2D eigenvalue weighted by Gasteiger charge is -2.40. The molecule has 0 spiro atoms. The van der Waals surface area contributed by atoms with Crippen LogP contribution in [0.5, 0.6) is 0 Å². The highest BCUT2D eigenvalue weighted by atomic mass is 14.6. The van der Waals surface area contributed by atoms with Crippen molar-refractivity contribution < 1.29 is 0 Å². The molecular weight excluding hydrogens is 224 g/mol. The number of fused-ring (bicyclic) bond motifs is 1. The minimum atomic E-state index is -1.65. The van der Waals surface area contributed by atoms with Gasteiger partial charge in [0.05, 0.1) is 24.3 Å². The maximum atomic E-state index is 9.42. The van der Waals surface area contributed by atoms with Gasteiger partial charge in [-0.1, -0.05) is 30.4 Å². The number of hydrogen-bond donors (Lipinski definition) is 0. The van der Waals surface area contributed by atoms with Crippen LogP contribution in [-0.2, 0) is 0 Å². The summed E-state index contributed by atoms with van der Waals surface area (Å²) in [5.74, 6) is -0.523. The number of nitrogens with zero attached hydrogens (tertiary/aromatic N) is 4. The standard InChI is InChI=1S/C14H8N4/c15-7-13(8-16)6-5-11-3-1-2-4-12(11)14(13,9-17)10-18/h1-5,12H,6H2. The van der Waals surface area contributed by atoms with Crippen molar-refractivity contribution in [1.29, 1.82) is 21.0 Å². The molecule has 1 unspecified atom stereocenters. The highest BCUT2D eigenvalue weighted by Gasteiger charge is 2.60. The first-order chi connectivity index (χ1) is 8.69. The third-order valence-corrected chi connectivity index (χ3v) is 3.58. The molecule has 0 aromatic heterocycles. The predicted octanol–water partition coefficient (Wildman–Crippen LogP) is 2.13. The monoisotopic (exact) mass is 232 g/mol. The molecular formula is C14H8N4. The van der Waals surface area contributed by atoms with Crippen LogP contribution in [0.15, 0.2) is 36.0 Å². The maximum absolute atomic E-state index is 9.42. The van der Waals surface area contributed by atoms with E-state index in [1.54, 1.807) is 18.2 Å². The molecule has 4 heteroatoms. The molecule has 1 atom stereocenters. The number of nitriles is 4. The SMILES string of the molecule is N#CC1(C#N)CC=C2C=CC=CC2C1(C#N)C#N. The predicted molar refractivity (Wildman–Crippen MR) is 61.8 cm³/mol. The van der Waals surface area contributed by atoms with Crippen LogP contribution >= 0.6 is 0 Å². The van der Waals surface area contributed by atoms with Gasteiger partial charge in [-0.3, -0.25) is 0 Å². The van der Waals surface area contributed by atoms with Crippen molar-refractivity contribution in [2.24, 2.45) is 16.7 Å². The average Bonchev–Trinajstić information content (AvgIpc) is 2.46. The van der Waals surface area contributed by atoms with Gasteiger partial charge in [-0.2, -0.15) is 21.0 Å². The zero-order valence-corrected chi connectivity index (χ0v) is 9.46. The second kappa shape index (κ2) is 3.89. The van der Waals surface area contributed by atoms with Crippen LogP contribution in [0.3, 0.4) is 0 Å². The van der Waals surface area contributed by atoms with Crippen LogP contribution in [0.4, 0.5) is 0 Å². The average molecular weight is 232 g/mol. The van der Waals surface area contributed by atoms with Crippen LogP contribution in [0.2, 0.25) is 0 Å². The minimum absolute atomic E-state index is 0.102. The smallest absolute Gasteiger partial charge is 0.185 e. The summed E-state index contributed by atoms with van der Waals surface area (Å²) in [6.45, 7) is 0. The molecule has 0 heterocycles. The summed E-state index contributed by atoms with van der Waals surface area (Å²) in [7, 11) is 0. The molecule has 0 aliphatic heterocycles. The largest absolute Gasteiger partial charge is 0.196 e. The Hall–Kier alpha value is -2.82. The number of hydrogen-bond acceptors (Lipinski definition) is 4. The van der Waals surface area contributed by atoms with E-state index in [9.17, 15) is 21.0 Å². The van der Waals surface area contributed by atoms with E-state index in [1.807, 2.05) is 36.4 Å². The van der Waals surface area contributed by atoms with E-state index in [1.165, 1.54) is 0 Å². The minimum Gasteiger partial charge on any atom is -0.196 e. The molecule has 18 heavy (non-hydrogen) atoms. The Morgan fingerprint density at radius 1 is 1.00 bits per heavy atom. The van der Waals surface area contributed by atoms with Gasteiger partial charge >= 0.3 is 0 Å². The van der Waals surface area contributed by atoms with Crippen LogP contribution < -0.4 is 0 Å². The molecule has 2 aliphatic rings. The van der Waals surface area contributed by atoms with Crippen LogP contribution in [0.25, 0.3) is 0 Å². The Morgan fingerprint density at radius 2 is 1.67 bits per heavy atom. The molecule has 0 N–H and O–H groups in total. The van der Waals surface area contributed by atoms with Gasteiger partial charge in [0.2, 0.25) is 0 Å². The van der Waals surface area contributed by atoms with E-state index in [-0.39, 0.29) is 6.42 Å². The fourth-order valence-electron chi connectivity index (χ4n) is 2.49. The van der Waals surface area contributed by atoms with Crippen LogP contribution in [0, 0.1) is 62.1 Å². The Labute approximate surface area is 105 Å². The van der Waals surface area contributed by atoms with Crippen molar-refractivity contribution in [3.63, 3.8) is 0 Å². The molecule has 2 rings (SSSR count). The molecule has 0 radical (unpaired) electrons. The summed E-state index contributed by atoms with van der Waals surface area (Å²) in [6.07, 6.45) is 8.94. The zero-order valence-electron chi connectivity index (χ0n) is 9.46. The molecule has 84 valence electrons. The van der Waals surface area contributed by atoms with Crippen molar-refractivity contribution >= 4 is 0 Å². The van der Waals surface area contributed by atoms with Gasteiger partial charge in [0.25, 0.3) is 0 Å². The van der Waals surface area contributed by atoms with Crippen molar-refractivity contribution in [3.8, 4) is 24.3 Å². The topological polar surface area (TPSA) is 95.2 Å². The second-order valence-corrected chi connectivity index (χ2v) is 4.29. The summed E-state index contributed by atoms with van der Waals surface area (Å²) in [4.78, 5) is 0. The van der Waals surface area contributed by atoms with Gasteiger partial charge < -0.3 is 0 Å². The van der Waals surface area contributed by atoms with E-state index < -0.39 is 16.7 Å². The zero-order chi connectivity index (χ0) is 13.2. The fourth-order valence-corrected chi connectivity index (χ4v) is 2.49. The summed E-state index contributed by atoms with van der Waals surface area (Å²) in [5, 5.41) is 37.4. The number of rotatable bonds is 0. The summed E-state index contributed by atoms with van der Waals surface area (Å²) < 4.78 is 0. The van der Waals surface area contributed by atoms with Crippen molar-refractivity contribution in [2.45, 2.75) is 6.42 Å². The summed E-state index contributed by atoms with van der Waals surface area (Å²) in [5.41, 5.74) is -2.44. The van der Waals surface area contributed by atoms with E-state index in [0.29, 0.717) is 0 Å². The fraction of sp³-hybridized carbons (Fsp3) is 0.286. The molecule has 0 bridgehead atoms. The molecule has 0 amide bonds. The van der Waals surface area contributed by atoms with Crippen molar-refractivity contribution in [2.75, 3.05) is 0 Å². The van der Waals surface area contributed by atoms with Crippen LogP contribution in [0.1, 0.15) is 6.42 Å². The molecule has 0 saturated heterocycles. The van der Waals surface area contributed by atoms with Gasteiger partial charge in [0.15, 0.2) is 10.8 Å². The van der Waals surface area contributed by atoms with Gasteiger partial charge in [0.1, 0.15) is 0 Å². The van der Waals surface area contributed by atoms with E-state index in [4.69, 9.17) is 0 Å². The van der Waals surface area contributed by atoms with Gasteiger partial charge in [-0.05, 0) is 5.57 Å². The lowest BCUT2D eigenvalue weighted by atomic mass is 9.53. The number of allylic oxidation sites excluding steroid dienone is 6. The van der Waals surface area contributed by atoms with Gasteiger partial charge in [-0.25, -0.2) is 0 Å². The Kier molecular flexibility index (Phi) is 2.52. The lowest BCUT2D eigenvalue weighted by Crippen LogP contribution is -2.46. The molecule has 0 fully saturated rings. The quantitative estimate of drug-likeness (QED) is 0.639. The van der Waals surface area contributed by atoms with Crippen molar-refractivity contribution in [3.05, 3.63) is 36.0 Å². The third kappa shape index (κ3) is 1.15. The first-order valence-corrected chi connectivity index (χ1v) is 5.39. The highest BCUT2D eigenvalue weighted by molar-refractivity contribution is 5.49. The van der Waals surface area contributed by atoms with E-state index in [2.05, 4.69) is 0 Å². The molecule has 0 saturated carbocycles. The van der Waals surface area contributed by atoms with E-state index in [0.717, 1.165) is 5.57 Å².